The molecule has 110 valence electrons. The van der Waals surface area contributed by atoms with Crippen molar-refractivity contribution < 1.29 is 14.3 Å². The molecule has 2 aromatic rings. The molecule has 0 heterocycles. The lowest BCUT2D eigenvalue weighted by Gasteiger charge is -2.10. The van der Waals surface area contributed by atoms with Crippen LogP contribution in [0.4, 0.5) is 5.69 Å². The number of nitrogens with two attached hydrogens (primary N) is 1. The molecule has 0 atom stereocenters. The first-order valence-corrected chi connectivity index (χ1v) is 6.60. The van der Waals surface area contributed by atoms with Gasteiger partial charge < -0.3 is 20.5 Å². The van der Waals surface area contributed by atoms with Crippen LogP contribution in [0.3, 0.4) is 0 Å². The number of methoxy groups -OCH3 is 1. The van der Waals surface area contributed by atoms with Crippen molar-refractivity contribution in [2.24, 2.45) is 0 Å². The third-order valence-corrected chi connectivity index (χ3v) is 2.90. The number of hydrogen-bond donors (Lipinski definition) is 2. The zero-order valence-electron chi connectivity index (χ0n) is 11.8. The summed E-state index contributed by atoms with van der Waals surface area (Å²) in [6.07, 6.45) is 0. The molecule has 0 aliphatic heterocycles. The fraction of sp³-hybridized carbons (Fsp3) is 0.188. The summed E-state index contributed by atoms with van der Waals surface area (Å²) in [6, 6.07) is 14.4. The number of nitrogens with one attached hydrogen (secondary N) is 1. The van der Waals surface area contributed by atoms with Crippen LogP contribution in [0, 0.1) is 0 Å². The highest BCUT2D eigenvalue weighted by atomic mass is 16.5. The van der Waals surface area contributed by atoms with Gasteiger partial charge in [0.1, 0.15) is 18.1 Å². The Kier molecular flexibility index (Phi) is 5.04. The number of anilines is 1. The molecule has 0 aliphatic carbocycles. The fourth-order valence-corrected chi connectivity index (χ4v) is 1.82. The van der Waals surface area contributed by atoms with Gasteiger partial charge >= 0.3 is 0 Å². The SMILES string of the molecule is COc1ccc(C(=O)NCCOc2ccccc2)c(N)c1. The van der Waals surface area contributed by atoms with E-state index in [1.807, 2.05) is 30.3 Å². The molecule has 2 rings (SSSR count). The van der Waals surface area contributed by atoms with E-state index in [1.165, 1.54) is 0 Å². The van der Waals surface area contributed by atoms with E-state index in [-0.39, 0.29) is 5.91 Å². The summed E-state index contributed by atoms with van der Waals surface area (Å²) in [4.78, 5) is 12.0. The lowest BCUT2D eigenvalue weighted by Crippen LogP contribution is -2.28. The average Bonchev–Trinajstić information content (AvgIpc) is 2.52. The van der Waals surface area contributed by atoms with Crippen LogP contribution in [0.15, 0.2) is 48.5 Å². The van der Waals surface area contributed by atoms with E-state index in [1.54, 1.807) is 25.3 Å². The van der Waals surface area contributed by atoms with E-state index < -0.39 is 0 Å². The molecule has 5 heteroatoms. The minimum absolute atomic E-state index is 0.230. The van der Waals surface area contributed by atoms with Crippen molar-refractivity contribution in [3.8, 4) is 11.5 Å². The Labute approximate surface area is 123 Å². The number of benzene rings is 2. The van der Waals surface area contributed by atoms with Crippen molar-refractivity contribution in [3.05, 3.63) is 54.1 Å². The molecule has 3 N–H and O–H groups in total. The molecule has 0 saturated heterocycles. The van der Waals surface area contributed by atoms with Crippen molar-refractivity contribution in [1.29, 1.82) is 0 Å². The van der Waals surface area contributed by atoms with Gasteiger partial charge in [-0.05, 0) is 24.3 Å². The van der Waals surface area contributed by atoms with Gasteiger partial charge in [0.05, 0.1) is 19.2 Å². The number of amides is 1. The van der Waals surface area contributed by atoms with Crippen LogP contribution in [0.1, 0.15) is 10.4 Å². The van der Waals surface area contributed by atoms with E-state index in [4.69, 9.17) is 15.2 Å². The number of nitrogen functional groups attached to an aromatic ring is 1. The van der Waals surface area contributed by atoms with Crippen LogP contribution in [-0.4, -0.2) is 26.2 Å². The van der Waals surface area contributed by atoms with Crippen LogP contribution in [0.5, 0.6) is 11.5 Å². The summed E-state index contributed by atoms with van der Waals surface area (Å²) in [5.41, 5.74) is 6.63. The molecule has 1 amide bonds. The Morgan fingerprint density at radius 1 is 1.14 bits per heavy atom. The highest BCUT2D eigenvalue weighted by Crippen LogP contribution is 2.19. The molecular weight excluding hydrogens is 268 g/mol. The first kappa shape index (κ1) is 14.7. The molecule has 0 saturated carbocycles. The second-order valence-corrected chi connectivity index (χ2v) is 4.37. The molecular formula is C16H18N2O3. The van der Waals surface area contributed by atoms with Crippen LogP contribution >= 0.6 is 0 Å². The monoisotopic (exact) mass is 286 g/mol. The third kappa shape index (κ3) is 4.14. The lowest BCUT2D eigenvalue weighted by molar-refractivity contribution is 0.0948. The van der Waals surface area contributed by atoms with Crippen molar-refractivity contribution >= 4 is 11.6 Å². The number of para-hydroxylation sites is 1. The van der Waals surface area contributed by atoms with Crippen LogP contribution in [0.2, 0.25) is 0 Å². The molecule has 5 nitrogen and oxygen atoms in total. The van der Waals surface area contributed by atoms with Crippen LogP contribution in [0.25, 0.3) is 0 Å². The van der Waals surface area contributed by atoms with E-state index >= 15 is 0 Å². The van der Waals surface area contributed by atoms with Crippen LogP contribution < -0.4 is 20.5 Å². The predicted octanol–water partition coefficient (Wildman–Crippen LogP) is 2.09. The highest BCUT2D eigenvalue weighted by molar-refractivity contribution is 5.99. The molecule has 0 bridgehead atoms. The molecule has 2 aromatic carbocycles. The van der Waals surface area contributed by atoms with Gasteiger partial charge in [0.15, 0.2) is 0 Å². The number of hydrogen-bond acceptors (Lipinski definition) is 4. The zero-order valence-corrected chi connectivity index (χ0v) is 11.8. The summed E-state index contributed by atoms with van der Waals surface area (Å²) in [7, 11) is 1.55. The Bertz CT molecular complexity index is 600. The third-order valence-electron chi connectivity index (χ3n) is 2.90. The lowest BCUT2D eigenvalue weighted by atomic mass is 10.1. The first-order chi connectivity index (χ1) is 10.2. The van der Waals surface area contributed by atoms with Gasteiger partial charge in [-0.3, -0.25) is 4.79 Å². The van der Waals surface area contributed by atoms with Gasteiger partial charge in [-0.15, -0.1) is 0 Å². The van der Waals surface area contributed by atoms with Gasteiger partial charge in [0.2, 0.25) is 0 Å². The van der Waals surface area contributed by atoms with Crippen molar-refractivity contribution in [2.75, 3.05) is 26.0 Å². The number of carbonyl (C=O) groups excluding carboxylic acids is 1. The van der Waals surface area contributed by atoms with E-state index in [2.05, 4.69) is 5.32 Å². The minimum atomic E-state index is -0.230. The Morgan fingerprint density at radius 2 is 1.90 bits per heavy atom. The summed E-state index contributed by atoms with van der Waals surface area (Å²) >= 11 is 0. The van der Waals surface area contributed by atoms with E-state index in [9.17, 15) is 4.79 Å². The number of carbonyl (C=O) groups is 1. The Hall–Kier alpha value is -2.69. The molecule has 0 fully saturated rings. The summed E-state index contributed by atoms with van der Waals surface area (Å²) in [6.45, 7) is 0.797. The largest absolute Gasteiger partial charge is 0.497 e. The average molecular weight is 286 g/mol. The standard InChI is InChI=1S/C16H18N2O3/c1-20-13-7-8-14(15(17)11-13)16(19)18-9-10-21-12-5-3-2-4-6-12/h2-8,11H,9-10,17H2,1H3,(H,18,19). The van der Waals surface area contributed by atoms with Gasteiger partial charge in [-0.2, -0.15) is 0 Å². The second-order valence-electron chi connectivity index (χ2n) is 4.37. The second kappa shape index (κ2) is 7.19. The normalized spacial score (nSPS) is 9.95. The summed E-state index contributed by atoms with van der Waals surface area (Å²) in [5.74, 6) is 1.17. The van der Waals surface area contributed by atoms with Gasteiger partial charge in [0.25, 0.3) is 5.91 Å². The molecule has 0 radical (unpaired) electrons. The van der Waals surface area contributed by atoms with Crippen molar-refractivity contribution in [3.63, 3.8) is 0 Å². The quantitative estimate of drug-likeness (QED) is 0.630. The zero-order chi connectivity index (χ0) is 15.1. The maximum Gasteiger partial charge on any atom is 0.253 e. The van der Waals surface area contributed by atoms with Gasteiger partial charge in [-0.1, -0.05) is 18.2 Å². The Morgan fingerprint density at radius 3 is 2.57 bits per heavy atom. The smallest absolute Gasteiger partial charge is 0.253 e. The molecule has 0 aromatic heterocycles. The van der Waals surface area contributed by atoms with Crippen molar-refractivity contribution in [2.45, 2.75) is 0 Å². The topological polar surface area (TPSA) is 73.6 Å². The molecule has 0 aliphatic rings. The van der Waals surface area contributed by atoms with E-state index in [0.717, 1.165) is 5.75 Å². The summed E-state index contributed by atoms with van der Waals surface area (Å²) < 4.78 is 10.5. The molecule has 0 unspecified atom stereocenters. The molecule has 0 spiro atoms. The minimum Gasteiger partial charge on any atom is -0.497 e. The molecule has 21 heavy (non-hydrogen) atoms. The Balaban J connectivity index is 1.82. The highest BCUT2D eigenvalue weighted by Gasteiger charge is 2.09. The fourth-order valence-electron chi connectivity index (χ4n) is 1.82. The number of ether oxygens (including phenoxy) is 2. The maximum atomic E-state index is 12.0. The van der Waals surface area contributed by atoms with Crippen molar-refractivity contribution in [1.82, 2.24) is 5.32 Å². The first-order valence-electron chi connectivity index (χ1n) is 6.60. The number of rotatable bonds is 6. The van der Waals surface area contributed by atoms with E-state index in [0.29, 0.717) is 30.2 Å². The predicted molar refractivity (Wildman–Crippen MR) is 81.7 cm³/mol. The maximum absolute atomic E-state index is 12.0. The summed E-state index contributed by atoms with van der Waals surface area (Å²) in [5, 5.41) is 2.76. The van der Waals surface area contributed by atoms with Gasteiger partial charge in [0, 0.05) is 11.8 Å². The van der Waals surface area contributed by atoms with Gasteiger partial charge in [-0.25, -0.2) is 0 Å². The van der Waals surface area contributed by atoms with Crippen LogP contribution in [-0.2, 0) is 0 Å².